The van der Waals surface area contributed by atoms with E-state index in [1.54, 1.807) is 16.2 Å². The highest BCUT2D eigenvalue weighted by Crippen LogP contribution is 2.23. The third-order valence-corrected chi connectivity index (χ3v) is 6.39. The van der Waals surface area contributed by atoms with Gasteiger partial charge in [0.2, 0.25) is 17.6 Å². The summed E-state index contributed by atoms with van der Waals surface area (Å²) in [7, 11) is 0. The molecule has 29 heavy (non-hydrogen) atoms. The van der Waals surface area contributed by atoms with Gasteiger partial charge in [-0.2, -0.15) is 4.98 Å². The second kappa shape index (κ2) is 9.02. The molecular weight excluding hydrogens is 418 g/mol. The van der Waals surface area contributed by atoms with Crippen molar-refractivity contribution in [2.24, 2.45) is 0 Å². The second-order valence-corrected chi connectivity index (χ2v) is 8.51. The molecule has 6 nitrogen and oxygen atoms in total. The van der Waals surface area contributed by atoms with Crippen LogP contribution in [0.4, 0.5) is 8.78 Å². The number of rotatable bonds is 6. The number of benzene rings is 1. The Bertz CT molecular complexity index is 973. The van der Waals surface area contributed by atoms with E-state index >= 15 is 0 Å². The second-order valence-electron chi connectivity index (χ2n) is 6.51. The van der Waals surface area contributed by atoms with Crippen molar-refractivity contribution in [2.75, 3.05) is 31.9 Å². The highest BCUT2D eigenvalue weighted by atomic mass is 32.2. The van der Waals surface area contributed by atoms with Gasteiger partial charge in [0.1, 0.15) is 0 Å². The summed E-state index contributed by atoms with van der Waals surface area (Å²) in [6.45, 7) is 3.16. The highest BCUT2D eigenvalue weighted by molar-refractivity contribution is 8.00. The molecule has 1 saturated heterocycles. The topological polar surface area (TPSA) is 62.5 Å². The molecule has 0 unspecified atom stereocenters. The zero-order valence-corrected chi connectivity index (χ0v) is 17.0. The molecule has 0 radical (unpaired) electrons. The summed E-state index contributed by atoms with van der Waals surface area (Å²) in [5.41, 5.74) is 0. The van der Waals surface area contributed by atoms with Crippen LogP contribution in [0.15, 0.2) is 45.1 Å². The average Bonchev–Trinajstić information content (AvgIpc) is 3.41. The zero-order chi connectivity index (χ0) is 20.2. The molecular formula is C19H18F2N4O2S2. The van der Waals surface area contributed by atoms with Crippen LogP contribution in [-0.2, 0) is 11.3 Å². The third kappa shape index (κ3) is 5.01. The van der Waals surface area contributed by atoms with Gasteiger partial charge in [0.15, 0.2) is 11.6 Å². The number of piperazine rings is 1. The van der Waals surface area contributed by atoms with Crippen LogP contribution in [0.2, 0.25) is 0 Å². The van der Waals surface area contributed by atoms with Crippen LogP contribution >= 0.6 is 23.1 Å². The molecule has 1 amide bonds. The van der Waals surface area contributed by atoms with Crippen molar-refractivity contribution >= 4 is 29.0 Å². The number of amides is 1. The Morgan fingerprint density at radius 1 is 1.17 bits per heavy atom. The van der Waals surface area contributed by atoms with Crippen LogP contribution in [-0.4, -0.2) is 57.8 Å². The quantitative estimate of drug-likeness (QED) is 0.551. The van der Waals surface area contributed by atoms with E-state index in [0.29, 0.717) is 49.3 Å². The third-order valence-electron chi connectivity index (χ3n) is 4.55. The Labute approximate surface area is 174 Å². The standard InChI is InChI=1S/C19H18F2N4O2S2/c20-14-4-3-13(10-15(14)21)29-12-18(26)25-7-5-24(6-8-25)11-17-22-19(23-27-17)16-2-1-9-28-16/h1-4,9-10H,5-8,11-12H2. The van der Waals surface area contributed by atoms with Crippen molar-refractivity contribution < 1.29 is 18.1 Å². The molecule has 0 saturated carbocycles. The fourth-order valence-corrected chi connectivity index (χ4v) is 4.45. The predicted octanol–water partition coefficient (Wildman–Crippen LogP) is 3.51. The van der Waals surface area contributed by atoms with Gasteiger partial charge >= 0.3 is 0 Å². The Balaban J connectivity index is 1.23. The number of halogens is 2. The summed E-state index contributed by atoms with van der Waals surface area (Å²) in [6, 6.07) is 7.55. The van der Waals surface area contributed by atoms with Gasteiger partial charge in [-0.05, 0) is 29.6 Å². The lowest BCUT2D eigenvalue weighted by atomic mass is 10.3. The molecule has 1 fully saturated rings. The first-order chi connectivity index (χ1) is 14.1. The SMILES string of the molecule is O=C(CSc1ccc(F)c(F)c1)N1CCN(Cc2nc(-c3cccs3)no2)CC1. The summed E-state index contributed by atoms with van der Waals surface area (Å²) in [6.07, 6.45) is 0. The molecule has 0 N–H and O–H groups in total. The molecule has 2 aromatic heterocycles. The van der Waals surface area contributed by atoms with Gasteiger partial charge in [0.05, 0.1) is 17.2 Å². The number of nitrogens with zero attached hydrogens (tertiary/aromatic N) is 4. The number of hydrogen-bond acceptors (Lipinski definition) is 7. The number of hydrogen-bond donors (Lipinski definition) is 0. The van der Waals surface area contributed by atoms with Crippen molar-refractivity contribution in [2.45, 2.75) is 11.4 Å². The van der Waals surface area contributed by atoms with Gasteiger partial charge in [0.25, 0.3) is 0 Å². The maximum atomic E-state index is 13.3. The van der Waals surface area contributed by atoms with E-state index in [4.69, 9.17) is 4.52 Å². The van der Waals surface area contributed by atoms with Crippen molar-refractivity contribution in [3.05, 3.63) is 53.2 Å². The van der Waals surface area contributed by atoms with Crippen LogP contribution in [0.1, 0.15) is 5.89 Å². The van der Waals surface area contributed by atoms with Crippen molar-refractivity contribution in [1.29, 1.82) is 0 Å². The van der Waals surface area contributed by atoms with Crippen LogP contribution in [0.5, 0.6) is 0 Å². The van der Waals surface area contributed by atoms with E-state index in [-0.39, 0.29) is 11.7 Å². The number of carbonyl (C=O) groups excluding carboxylic acids is 1. The minimum Gasteiger partial charge on any atom is -0.339 e. The molecule has 0 bridgehead atoms. The van der Waals surface area contributed by atoms with Crippen LogP contribution in [0, 0.1) is 11.6 Å². The molecule has 0 aliphatic carbocycles. The van der Waals surface area contributed by atoms with Gasteiger partial charge < -0.3 is 9.42 Å². The van der Waals surface area contributed by atoms with Gasteiger partial charge in [0, 0.05) is 31.1 Å². The summed E-state index contributed by atoms with van der Waals surface area (Å²) in [5, 5.41) is 5.98. The maximum absolute atomic E-state index is 13.3. The van der Waals surface area contributed by atoms with E-state index in [9.17, 15) is 13.6 Å². The van der Waals surface area contributed by atoms with E-state index < -0.39 is 11.6 Å². The first-order valence-corrected chi connectivity index (χ1v) is 10.9. The maximum Gasteiger partial charge on any atom is 0.241 e. The lowest BCUT2D eigenvalue weighted by Gasteiger charge is -2.33. The fourth-order valence-electron chi connectivity index (χ4n) is 2.97. The Morgan fingerprint density at radius 2 is 2.00 bits per heavy atom. The molecule has 1 aliphatic heterocycles. The number of carbonyl (C=O) groups is 1. The lowest BCUT2D eigenvalue weighted by molar-refractivity contribution is -0.130. The summed E-state index contributed by atoms with van der Waals surface area (Å²) < 4.78 is 31.6. The van der Waals surface area contributed by atoms with E-state index in [2.05, 4.69) is 15.0 Å². The minimum absolute atomic E-state index is 0.0165. The van der Waals surface area contributed by atoms with Gasteiger partial charge in [-0.3, -0.25) is 9.69 Å². The first kappa shape index (κ1) is 20.0. The molecule has 10 heteroatoms. The number of thioether (sulfide) groups is 1. The summed E-state index contributed by atoms with van der Waals surface area (Å²) >= 11 is 2.77. The zero-order valence-electron chi connectivity index (χ0n) is 15.4. The van der Waals surface area contributed by atoms with Gasteiger partial charge in [-0.15, -0.1) is 23.1 Å². The molecule has 1 aromatic carbocycles. The normalized spacial score (nSPS) is 15.0. The molecule has 152 valence electrons. The van der Waals surface area contributed by atoms with Crippen LogP contribution < -0.4 is 0 Å². The number of aromatic nitrogens is 2. The highest BCUT2D eigenvalue weighted by Gasteiger charge is 2.23. The van der Waals surface area contributed by atoms with E-state index in [0.717, 1.165) is 17.0 Å². The Hall–Kier alpha value is -2.30. The summed E-state index contributed by atoms with van der Waals surface area (Å²) in [5.74, 6) is -0.462. The van der Waals surface area contributed by atoms with Gasteiger partial charge in [-0.25, -0.2) is 8.78 Å². The molecule has 0 atom stereocenters. The summed E-state index contributed by atoms with van der Waals surface area (Å²) in [4.78, 5) is 22.3. The van der Waals surface area contributed by atoms with E-state index in [1.807, 2.05) is 17.5 Å². The van der Waals surface area contributed by atoms with Gasteiger partial charge in [-0.1, -0.05) is 11.2 Å². The molecule has 0 spiro atoms. The fraction of sp³-hybridized carbons (Fsp3) is 0.316. The molecule has 1 aliphatic rings. The van der Waals surface area contributed by atoms with E-state index in [1.165, 1.54) is 17.8 Å². The van der Waals surface area contributed by atoms with Crippen LogP contribution in [0.3, 0.4) is 0 Å². The largest absolute Gasteiger partial charge is 0.339 e. The molecule has 3 heterocycles. The Kier molecular flexibility index (Phi) is 6.22. The minimum atomic E-state index is -0.903. The van der Waals surface area contributed by atoms with Crippen LogP contribution in [0.25, 0.3) is 10.7 Å². The van der Waals surface area contributed by atoms with Crippen molar-refractivity contribution in [3.63, 3.8) is 0 Å². The predicted molar refractivity (Wildman–Crippen MR) is 107 cm³/mol. The smallest absolute Gasteiger partial charge is 0.241 e. The molecule has 4 rings (SSSR count). The number of thiophene rings is 1. The Morgan fingerprint density at radius 3 is 2.72 bits per heavy atom. The average molecular weight is 437 g/mol. The lowest BCUT2D eigenvalue weighted by Crippen LogP contribution is -2.48. The molecule has 3 aromatic rings. The monoisotopic (exact) mass is 436 g/mol. The van der Waals surface area contributed by atoms with Crippen molar-refractivity contribution in [3.8, 4) is 10.7 Å². The van der Waals surface area contributed by atoms with Crippen molar-refractivity contribution in [1.82, 2.24) is 19.9 Å². The first-order valence-electron chi connectivity index (χ1n) is 9.03.